The molecule has 2 aromatic heterocycles. The first-order chi connectivity index (χ1) is 16.0. The minimum absolute atomic E-state index is 0.135. The molecule has 0 amide bonds. The second-order valence-corrected chi connectivity index (χ2v) is 8.72. The van der Waals surface area contributed by atoms with Gasteiger partial charge in [-0.05, 0) is 61.2 Å². The molecule has 33 heavy (non-hydrogen) atoms. The second-order valence-electron chi connectivity index (χ2n) is 8.72. The maximum Gasteiger partial charge on any atom is 0.335 e. The van der Waals surface area contributed by atoms with E-state index in [1.165, 1.54) is 10.9 Å². The molecule has 5 rings (SSSR count). The van der Waals surface area contributed by atoms with Crippen molar-refractivity contribution in [2.75, 3.05) is 13.7 Å². The molecule has 0 radical (unpaired) electrons. The number of likely N-dealkylation sites (tertiary alicyclic amines) is 1. The number of carboxylic acids is 1. The van der Waals surface area contributed by atoms with Gasteiger partial charge in [0.15, 0.2) is 0 Å². The Morgan fingerprint density at radius 3 is 2.79 bits per heavy atom. The van der Waals surface area contributed by atoms with E-state index in [1.54, 1.807) is 19.2 Å². The highest BCUT2D eigenvalue weighted by molar-refractivity contribution is 5.88. The first kappa shape index (κ1) is 21.3. The normalized spacial score (nSPS) is 19.1. The van der Waals surface area contributed by atoms with Crippen LogP contribution in [0.2, 0.25) is 0 Å². The standard InChI is InChI=1S/C26H28N4O3/c1-17-14-24(33-2)22(21-8-11-27-25(17)21)16-29-13-9-20(30-12-3-10-28-30)15-23(29)18-4-6-19(7-5-18)26(31)32/h3-8,10-12,14,20,23,27H,9,13,15-16H2,1-2H3,(H,31,32)/t20-,23-/m0/s1. The molecular weight excluding hydrogens is 416 g/mol. The molecule has 4 aromatic rings. The fraction of sp³-hybridized carbons (Fsp3) is 0.308. The van der Waals surface area contributed by atoms with E-state index < -0.39 is 5.97 Å². The predicted molar refractivity (Wildman–Crippen MR) is 127 cm³/mol. The van der Waals surface area contributed by atoms with Crippen LogP contribution in [0.4, 0.5) is 0 Å². The highest BCUT2D eigenvalue weighted by Gasteiger charge is 2.32. The number of carbonyl (C=O) groups is 1. The number of nitrogens with zero attached hydrogens (tertiary/aromatic N) is 3. The number of ether oxygens (including phenoxy) is 1. The Balaban J connectivity index is 1.51. The van der Waals surface area contributed by atoms with Crippen molar-refractivity contribution in [3.8, 4) is 5.75 Å². The summed E-state index contributed by atoms with van der Waals surface area (Å²) in [6.45, 7) is 3.74. The summed E-state index contributed by atoms with van der Waals surface area (Å²) in [7, 11) is 1.73. The zero-order chi connectivity index (χ0) is 22.9. The lowest BCUT2D eigenvalue weighted by Crippen LogP contribution is -2.37. The number of aryl methyl sites for hydroxylation is 1. The quantitative estimate of drug-likeness (QED) is 0.439. The number of aromatic carboxylic acids is 1. The number of methoxy groups -OCH3 is 1. The fourth-order valence-corrected chi connectivity index (χ4v) is 5.10. The largest absolute Gasteiger partial charge is 0.496 e. The zero-order valence-electron chi connectivity index (χ0n) is 18.9. The van der Waals surface area contributed by atoms with E-state index >= 15 is 0 Å². The van der Waals surface area contributed by atoms with E-state index in [-0.39, 0.29) is 6.04 Å². The summed E-state index contributed by atoms with van der Waals surface area (Å²) in [5.74, 6) is -0.00974. The van der Waals surface area contributed by atoms with Crippen molar-refractivity contribution in [3.63, 3.8) is 0 Å². The number of aromatic amines is 1. The third kappa shape index (κ3) is 4.00. The lowest BCUT2D eigenvalue weighted by molar-refractivity contribution is 0.0696. The van der Waals surface area contributed by atoms with Gasteiger partial charge < -0.3 is 14.8 Å². The van der Waals surface area contributed by atoms with E-state index in [2.05, 4.69) is 34.0 Å². The van der Waals surface area contributed by atoms with Crippen LogP contribution in [0, 0.1) is 6.92 Å². The molecule has 7 nitrogen and oxygen atoms in total. The summed E-state index contributed by atoms with van der Waals surface area (Å²) in [6, 6.07) is 13.9. The summed E-state index contributed by atoms with van der Waals surface area (Å²) < 4.78 is 7.84. The topological polar surface area (TPSA) is 83.4 Å². The van der Waals surface area contributed by atoms with Gasteiger partial charge in [-0.3, -0.25) is 9.58 Å². The van der Waals surface area contributed by atoms with Gasteiger partial charge in [0, 0.05) is 54.2 Å². The van der Waals surface area contributed by atoms with Gasteiger partial charge in [0.05, 0.1) is 18.7 Å². The third-order valence-electron chi connectivity index (χ3n) is 6.82. The molecule has 7 heteroatoms. The predicted octanol–water partition coefficient (Wildman–Crippen LogP) is 4.96. The molecule has 1 saturated heterocycles. The van der Waals surface area contributed by atoms with Crippen LogP contribution in [0.15, 0.2) is 61.1 Å². The molecule has 1 aliphatic rings. The van der Waals surface area contributed by atoms with E-state index in [0.717, 1.165) is 48.3 Å². The second kappa shape index (κ2) is 8.75. The molecule has 1 fully saturated rings. The van der Waals surface area contributed by atoms with Crippen molar-refractivity contribution in [2.24, 2.45) is 0 Å². The average Bonchev–Trinajstić information content (AvgIpc) is 3.54. The SMILES string of the molecule is COc1cc(C)c2[nH]ccc2c1CN1CC[C@H](n2cccn2)C[C@H]1c1ccc(C(=O)O)cc1. The van der Waals surface area contributed by atoms with Crippen molar-refractivity contribution < 1.29 is 14.6 Å². The Bertz CT molecular complexity index is 1260. The molecule has 0 bridgehead atoms. The van der Waals surface area contributed by atoms with E-state index in [1.807, 2.05) is 41.5 Å². The number of carboxylic acid groups (broad SMARTS) is 1. The molecule has 0 unspecified atom stereocenters. The molecule has 2 N–H and O–H groups in total. The van der Waals surface area contributed by atoms with Crippen molar-refractivity contribution in [2.45, 2.75) is 38.4 Å². The number of piperidine rings is 1. The highest BCUT2D eigenvalue weighted by Crippen LogP contribution is 2.40. The molecule has 2 aromatic carbocycles. The first-order valence-electron chi connectivity index (χ1n) is 11.2. The summed E-state index contributed by atoms with van der Waals surface area (Å²) in [5.41, 5.74) is 4.89. The minimum Gasteiger partial charge on any atom is -0.496 e. The van der Waals surface area contributed by atoms with Crippen molar-refractivity contribution >= 4 is 16.9 Å². The Labute approximate surface area is 192 Å². The van der Waals surface area contributed by atoms with Gasteiger partial charge in [-0.15, -0.1) is 0 Å². The van der Waals surface area contributed by atoms with Crippen LogP contribution >= 0.6 is 0 Å². The molecule has 1 aliphatic heterocycles. The fourth-order valence-electron chi connectivity index (χ4n) is 5.10. The molecule has 0 aliphatic carbocycles. The molecule has 3 heterocycles. The Hall–Kier alpha value is -3.58. The lowest BCUT2D eigenvalue weighted by Gasteiger charge is -2.40. The smallest absolute Gasteiger partial charge is 0.335 e. The minimum atomic E-state index is -0.907. The Kier molecular flexibility index (Phi) is 5.64. The summed E-state index contributed by atoms with van der Waals surface area (Å²) in [5, 5.41) is 15.0. The van der Waals surface area contributed by atoms with Crippen LogP contribution < -0.4 is 4.74 Å². The van der Waals surface area contributed by atoms with Crippen LogP contribution in [0.3, 0.4) is 0 Å². The molecule has 0 saturated carbocycles. The van der Waals surface area contributed by atoms with Crippen LogP contribution in [-0.2, 0) is 6.54 Å². The van der Waals surface area contributed by atoms with Gasteiger partial charge in [-0.1, -0.05) is 12.1 Å². The van der Waals surface area contributed by atoms with Crippen LogP contribution in [0.1, 0.15) is 52.0 Å². The van der Waals surface area contributed by atoms with E-state index in [0.29, 0.717) is 11.6 Å². The van der Waals surface area contributed by atoms with Crippen molar-refractivity contribution in [1.29, 1.82) is 0 Å². The number of benzene rings is 2. The number of hydrogen-bond acceptors (Lipinski definition) is 4. The van der Waals surface area contributed by atoms with Gasteiger partial charge in [0.1, 0.15) is 5.75 Å². The number of hydrogen-bond donors (Lipinski definition) is 2. The number of aromatic nitrogens is 3. The summed E-state index contributed by atoms with van der Waals surface area (Å²) >= 11 is 0. The monoisotopic (exact) mass is 444 g/mol. The van der Waals surface area contributed by atoms with Gasteiger partial charge in [-0.25, -0.2) is 4.79 Å². The van der Waals surface area contributed by atoms with Gasteiger partial charge >= 0.3 is 5.97 Å². The Morgan fingerprint density at radius 1 is 1.27 bits per heavy atom. The van der Waals surface area contributed by atoms with Crippen molar-refractivity contribution in [3.05, 3.63) is 83.3 Å². The third-order valence-corrected chi connectivity index (χ3v) is 6.82. The van der Waals surface area contributed by atoms with Gasteiger partial charge in [-0.2, -0.15) is 5.10 Å². The number of fused-ring (bicyclic) bond motifs is 1. The maximum absolute atomic E-state index is 11.4. The first-order valence-corrected chi connectivity index (χ1v) is 11.2. The lowest BCUT2D eigenvalue weighted by atomic mass is 9.90. The maximum atomic E-state index is 11.4. The summed E-state index contributed by atoms with van der Waals surface area (Å²) in [6.07, 6.45) is 7.72. The van der Waals surface area contributed by atoms with Crippen molar-refractivity contribution in [1.82, 2.24) is 19.7 Å². The van der Waals surface area contributed by atoms with Gasteiger partial charge in [0.2, 0.25) is 0 Å². The molecule has 2 atom stereocenters. The molecule has 170 valence electrons. The van der Waals surface area contributed by atoms with E-state index in [4.69, 9.17) is 4.74 Å². The summed E-state index contributed by atoms with van der Waals surface area (Å²) in [4.78, 5) is 17.2. The van der Waals surface area contributed by atoms with Gasteiger partial charge in [0.25, 0.3) is 0 Å². The molecular formula is C26H28N4O3. The van der Waals surface area contributed by atoms with Crippen LogP contribution in [-0.4, -0.2) is 44.4 Å². The van der Waals surface area contributed by atoms with E-state index in [9.17, 15) is 9.90 Å². The Morgan fingerprint density at radius 2 is 2.09 bits per heavy atom. The number of nitrogens with one attached hydrogen (secondary N) is 1. The average molecular weight is 445 g/mol. The van der Waals surface area contributed by atoms with Crippen LogP contribution in [0.25, 0.3) is 10.9 Å². The number of rotatable bonds is 6. The molecule has 0 spiro atoms. The zero-order valence-corrected chi connectivity index (χ0v) is 18.9. The van der Waals surface area contributed by atoms with Crippen LogP contribution in [0.5, 0.6) is 5.75 Å². The highest BCUT2D eigenvalue weighted by atomic mass is 16.5. The number of H-pyrrole nitrogens is 1.